The molecule has 0 aliphatic heterocycles. The highest BCUT2D eigenvalue weighted by Crippen LogP contribution is 2.56. The smallest absolute Gasteiger partial charge is 0.164 e. The lowest BCUT2D eigenvalue weighted by molar-refractivity contribution is 0.768. The van der Waals surface area contributed by atoms with E-state index in [0.29, 0.717) is 17.5 Å². The lowest BCUT2D eigenvalue weighted by Crippen LogP contribution is -2.28. The minimum atomic E-state index is -0.464. The van der Waals surface area contributed by atoms with Crippen molar-refractivity contribution in [1.82, 2.24) is 15.0 Å². The van der Waals surface area contributed by atoms with Gasteiger partial charge < -0.3 is 0 Å². The normalized spacial score (nSPS) is 12.8. The highest BCUT2D eigenvalue weighted by molar-refractivity contribution is 7.26. The van der Waals surface area contributed by atoms with Gasteiger partial charge in [-0.25, -0.2) is 15.0 Å². The fourth-order valence-corrected chi connectivity index (χ4v) is 9.95. The largest absolute Gasteiger partial charge is 0.208 e. The quantitative estimate of drug-likeness (QED) is 0.171. The van der Waals surface area contributed by atoms with E-state index >= 15 is 0 Å². The van der Waals surface area contributed by atoms with Crippen LogP contribution in [0.5, 0.6) is 0 Å². The summed E-state index contributed by atoms with van der Waals surface area (Å²) in [7, 11) is 0. The van der Waals surface area contributed by atoms with Crippen LogP contribution in [0.15, 0.2) is 200 Å². The SMILES string of the molecule is c1ccc(-c2nc(-c3ccc(-c4cccc5c4sc4ccccc45)cc3)nc(-c3ccc4c(c3)-c3ccccc3C4(c3ccccc3)c3ccccc3)n2)cc1. The lowest BCUT2D eigenvalue weighted by atomic mass is 9.67. The summed E-state index contributed by atoms with van der Waals surface area (Å²) in [6, 6.07) is 71.5. The van der Waals surface area contributed by atoms with Gasteiger partial charge in [0.1, 0.15) is 0 Å². The number of rotatable bonds is 6. The van der Waals surface area contributed by atoms with Gasteiger partial charge in [-0.3, -0.25) is 0 Å². The van der Waals surface area contributed by atoms with E-state index in [1.54, 1.807) is 0 Å². The van der Waals surface area contributed by atoms with Crippen molar-refractivity contribution in [2.45, 2.75) is 5.41 Å². The van der Waals surface area contributed by atoms with Crippen molar-refractivity contribution in [2.24, 2.45) is 0 Å². The molecule has 0 saturated carbocycles. The monoisotopic (exact) mass is 731 g/mol. The van der Waals surface area contributed by atoms with Crippen molar-refractivity contribution in [3.8, 4) is 56.4 Å². The molecule has 0 bridgehead atoms. The number of benzene rings is 8. The Morgan fingerprint density at radius 2 is 0.839 bits per heavy atom. The van der Waals surface area contributed by atoms with E-state index in [1.165, 1.54) is 64.7 Å². The average Bonchev–Trinajstić information content (AvgIpc) is 3.81. The first kappa shape index (κ1) is 32.4. The van der Waals surface area contributed by atoms with Crippen LogP contribution in [-0.2, 0) is 5.41 Å². The molecule has 0 atom stereocenters. The summed E-state index contributed by atoms with van der Waals surface area (Å²) in [6.45, 7) is 0. The summed E-state index contributed by atoms with van der Waals surface area (Å²) in [5.41, 5.74) is 12.2. The molecule has 0 fully saturated rings. The van der Waals surface area contributed by atoms with E-state index in [0.717, 1.165) is 16.7 Å². The first-order chi connectivity index (χ1) is 27.8. The Bertz CT molecular complexity index is 3020. The topological polar surface area (TPSA) is 38.7 Å². The molecule has 2 heterocycles. The zero-order valence-electron chi connectivity index (χ0n) is 30.3. The van der Waals surface area contributed by atoms with E-state index in [9.17, 15) is 0 Å². The van der Waals surface area contributed by atoms with Crippen LogP contribution in [0.3, 0.4) is 0 Å². The van der Waals surface area contributed by atoms with Crippen LogP contribution in [0.25, 0.3) is 76.6 Å². The Morgan fingerprint density at radius 1 is 0.339 bits per heavy atom. The molecule has 10 aromatic rings. The summed E-state index contributed by atoms with van der Waals surface area (Å²) in [4.78, 5) is 15.4. The van der Waals surface area contributed by atoms with Crippen molar-refractivity contribution in [2.75, 3.05) is 0 Å². The predicted molar refractivity (Wildman–Crippen MR) is 232 cm³/mol. The maximum absolute atomic E-state index is 5.19. The van der Waals surface area contributed by atoms with Crippen molar-refractivity contribution in [3.05, 3.63) is 222 Å². The van der Waals surface area contributed by atoms with Crippen molar-refractivity contribution in [3.63, 3.8) is 0 Å². The highest BCUT2D eigenvalue weighted by Gasteiger charge is 2.46. The third-order valence-electron chi connectivity index (χ3n) is 11.2. The lowest BCUT2D eigenvalue weighted by Gasteiger charge is -2.33. The van der Waals surface area contributed by atoms with E-state index in [-0.39, 0.29) is 0 Å². The van der Waals surface area contributed by atoms with Crippen LogP contribution < -0.4 is 0 Å². The Labute approximate surface area is 329 Å². The number of aromatic nitrogens is 3. The Hall–Kier alpha value is -7.01. The standard InChI is InChI=1S/C52H33N3S/c1-4-15-35(16-5-1)49-53-50(36-29-27-34(28-30-36)40-23-14-24-43-42-22-11-13-26-47(42)56-48(40)43)55-51(54-49)37-31-32-46-44(33-37)41-21-10-12-25-45(41)52(46,38-17-6-2-7-18-38)39-19-8-3-9-20-39/h1-33H. The van der Waals surface area contributed by atoms with E-state index in [2.05, 4.69) is 182 Å². The molecule has 2 aromatic heterocycles. The zero-order chi connectivity index (χ0) is 37.1. The molecule has 4 heteroatoms. The van der Waals surface area contributed by atoms with Gasteiger partial charge in [-0.05, 0) is 56.6 Å². The number of nitrogens with zero attached hydrogens (tertiary/aromatic N) is 3. The molecular weight excluding hydrogens is 699 g/mol. The molecule has 0 N–H and O–H groups in total. The van der Waals surface area contributed by atoms with Crippen LogP contribution in [0.2, 0.25) is 0 Å². The van der Waals surface area contributed by atoms with Crippen LogP contribution in [-0.4, -0.2) is 15.0 Å². The van der Waals surface area contributed by atoms with Gasteiger partial charge in [-0.2, -0.15) is 0 Å². The molecule has 0 unspecified atom stereocenters. The van der Waals surface area contributed by atoms with Gasteiger partial charge in [0.2, 0.25) is 0 Å². The summed E-state index contributed by atoms with van der Waals surface area (Å²) in [5, 5.41) is 2.60. The highest BCUT2D eigenvalue weighted by atomic mass is 32.1. The average molecular weight is 732 g/mol. The van der Waals surface area contributed by atoms with E-state index < -0.39 is 5.41 Å². The second kappa shape index (κ2) is 13.1. The van der Waals surface area contributed by atoms with Crippen LogP contribution in [0.1, 0.15) is 22.3 Å². The molecule has 262 valence electrons. The number of thiophene rings is 1. The molecule has 0 spiro atoms. The Balaban J connectivity index is 1.06. The van der Waals surface area contributed by atoms with Crippen molar-refractivity contribution in [1.29, 1.82) is 0 Å². The Morgan fingerprint density at radius 3 is 1.55 bits per heavy atom. The molecule has 0 radical (unpaired) electrons. The minimum Gasteiger partial charge on any atom is -0.208 e. The van der Waals surface area contributed by atoms with Crippen molar-refractivity contribution >= 4 is 31.5 Å². The van der Waals surface area contributed by atoms with Gasteiger partial charge in [0.25, 0.3) is 0 Å². The van der Waals surface area contributed by atoms with E-state index in [1.807, 2.05) is 29.5 Å². The molecule has 0 amide bonds. The fourth-order valence-electron chi connectivity index (χ4n) is 8.71. The first-order valence-electron chi connectivity index (χ1n) is 18.9. The van der Waals surface area contributed by atoms with Gasteiger partial charge in [0, 0.05) is 36.9 Å². The molecule has 1 aliphatic carbocycles. The molecule has 0 saturated heterocycles. The predicted octanol–water partition coefficient (Wildman–Crippen LogP) is 13.3. The van der Waals surface area contributed by atoms with Crippen molar-refractivity contribution < 1.29 is 0 Å². The van der Waals surface area contributed by atoms with Crippen LogP contribution in [0.4, 0.5) is 0 Å². The zero-order valence-corrected chi connectivity index (χ0v) is 31.1. The molecule has 11 rings (SSSR count). The third-order valence-corrected chi connectivity index (χ3v) is 12.5. The summed E-state index contributed by atoms with van der Waals surface area (Å²) in [6.07, 6.45) is 0. The van der Waals surface area contributed by atoms with Gasteiger partial charge >= 0.3 is 0 Å². The molecule has 8 aromatic carbocycles. The summed E-state index contributed by atoms with van der Waals surface area (Å²) < 4.78 is 2.61. The number of fused-ring (bicyclic) bond motifs is 6. The second-order valence-electron chi connectivity index (χ2n) is 14.3. The molecule has 1 aliphatic rings. The van der Waals surface area contributed by atoms with Gasteiger partial charge in [0.15, 0.2) is 17.5 Å². The maximum atomic E-state index is 5.19. The summed E-state index contributed by atoms with van der Waals surface area (Å²) in [5.74, 6) is 1.93. The van der Waals surface area contributed by atoms with E-state index in [4.69, 9.17) is 15.0 Å². The number of hydrogen-bond acceptors (Lipinski definition) is 4. The van der Waals surface area contributed by atoms with Gasteiger partial charge in [-0.15, -0.1) is 11.3 Å². The number of hydrogen-bond donors (Lipinski definition) is 0. The second-order valence-corrected chi connectivity index (χ2v) is 15.4. The van der Waals surface area contributed by atoms with Gasteiger partial charge in [0.05, 0.1) is 5.41 Å². The molecule has 56 heavy (non-hydrogen) atoms. The maximum Gasteiger partial charge on any atom is 0.164 e. The molecule has 3 nitrogen and oxygen atoms in total. The summed E-state index contributed by atoms with van der Waals surface area (Å²) >= 11 is 1.85. The Kier molecular flexibility index (Phi) is 7.58. The van der Waals surface area contributed by atoms with Crippen LogP contribution in [0, 0.1) is 0 Å². The van der Waals surface area contributed by atoms with Crippen LogP contribution >= 0.6 is 11.3 Å². The molecular formula is C52H33N3S. The minimum absolute atomic E-state index is 0.464. The van der Waals surface area contributed by atoms with Gasteiger partial charge in [-0.1, -0.05) is 188 Å². The fraction of sp³-hybridized carbons (Fsp3) is 0.0192. The first-order valence-corrected chi connectivity index (χ1v) is 19.8. The third kappa shape index (κ3) is 5.07.